The van der Waals surface area contributed by atoms with Crippen molar-refractivity contribution in [3.05, 3.63) is 28.8 Å². The average Bonchev–Trinajstić information content (AvgIpc) is 2.43. The molecule has 1 amide bonds. The minimum atomic E-state index is -0.861. The lowest BCUT2D eigenvalue weighted by Gasteiger charge is -2.19. The molecule has 0 unspecified atom stereocenters. The fourth-order valence-electron chi connectivity index (χ4n) is 2.11. The van der Waals surface area contributed by atoms with Crippen LogP contribution in [0.4, 0.5) is 0 Å². The summed E-state index contributed by atoms with van der Waals surface area (Å²) in [6.07, 6.45) is 0.644. The Labute approximate surface area is 138 Å². The summed E-state index contributed by atoms with van der Waals surface area (Å²) in [7, 11) is 0. The third kappa shape index (κ3) is 5.93. The zero-order chi connectivity index (χ0) is 17.6. The zero-order valence-corrected chi connectivity index (χ0v) is 14.7. The van der Waals surface area contributed by atoms with E-state index >= 15 is 0 Å². The number of aliphatic carboxylic acids is 1. The molecule has 0 radical (unpaired) electrons. The molecule has 0 aromatic heterocycles. The maximum atomic E-state index is 11.8. The van der Waals surface area contributed by atoms with Gasteiger partial charge in [0.1, 0.15) is 5.75 Å². The Hall–Kier alpha value is -2.04. The van der Waals surface area contributed by atoms with Gasteiger partial charge in [0.2, 0.25) is 5.91 Å². The molecule has 5 nitrogen and oxygen atoms in total. The minimum absolute atomic E-state index is 0.131. The number of ether oxygens (including phenoxy) is 1. The van der Waals surface area contributed by atoms with E-state index in [1.165, 1.54) is 5.56 Å². The Morgan fingerprint density at radius 2 is 1.87 bits per heavy atom. The number of rotatable bonds is 8. The molecule has 1 aromatic carbocycles. The van der Waals surface area contributed by atoms with E-state index in [1.807, 2.05) is 26.8 Å². The molecule has 128 valence electrons. The van der Waals surface area contributed by atoms with Gasteiger partial charge < -0.3 is 15.2 Å². The second kappa shape index (κ2) is 7.99. The van der Waals surface area contributed by atoms with Crippen LogP contribution in [0.5, 0.6) is 5.75 Å². The second-order valence-corrected chi connectivity index (χ2v) is 6.59. The summed E-state index contributed by atoms with van der Waals surface area (Å²) in [4.78, 5) is 22.7. The molecule has 0 atom stereocenters. The number of benzene rings is 1. The summed E-state index contributed by atoms with van der Waals surface area (Å²) in [6, 6.07) is 4.06. The monoisotopic (exact) mass is 321 g/mol. The standard InChI is InChI=1S/C18H27NO4/c1-12-10-13(2)14(3)15(11-12)23-9-6-16(20)19-8-7-18(4,5)17(21)22/h10-11H,6-9H2,1-5H3,(H,19,20)(H,21,22). The van der Waals surface area contributed by atoms with Crippen LogP contribution in [0.3, 0.4) is 0 Å². The third-order valence-corrected chi connectivity index (χ3v) is 4.00. The van der Waals surface area contributed by atoms with Crippen molar-refractivity contribution in [2.75, 3.05) is 13.2 Å². The third-order valence-electron chi connectivity index (χ3n) is 4.00. The van der Waals surface area contributed by atoms with Crippen LogP contribution in [0, 0.1) is 26.2 Å². The quantitative estimate of drug-likeness (QED) is 0.772. The van der Waals surface area contributed by atoms with Gasteiger partial charge in [-0.2, -0.15) is 0 Å². The van der Waals surface area contributed by atoms with Crippen molar-refractivity contribution in [1.29, 1.82) is 0 Å². The average molecular weight is 321 g/mol. The highest BCUT2D eigenvalue weighted by atomic mass is 16.5. The van der Waals surface area contributed by atoms with E-state index in [0.29, 0.717) is 19.6 Å². The molecular weight excluding hydrogens is 294 g/mol. The van der Waals surface area contributed by atoms with E-state index in [-0.39, 0.29) is 12.3 Å². The number of amides is 1. The molecule has 5 heteroatoms. The number of carboxylic acid groups (broad SMARTS) is 1. The Bertz CT molecular complexity index is 579. The number of hydrogen-bond donors (Lipinski definition) is 2. The molecular formula is C18H27NO4. The number of hydrogen-bond acceptors (Lipinski definition) is 3. The molecule has 0 spiro atoms. The van der Waals surface area contributed by atoms with Gasteiger partial charge in [0.15, 0.2) is 0 Å². The van der Waals surface area contributed by atoms with Crippen LogP contribution in [-0.4, -0.2) is 30.1 Å². The molecule has 0 saturated heterocycles. The predicted molar refractivity (Wildman–Crippen MR) is 89.8 cm³/mol. The molecule has 0 aliphatic heterocycles. The molecule has 0 aliphatic rings. The van der Waals surface area contributed by atoms with Crippen molar-refractivity contribution >= 4 is 11.9 Å². The molecule has 0 saturated carbocycles. The first-order valence-corrected chi connectivity index (χ1v) is 7.84. The number of carboxylic acids is 1. The summed E-state index contributed by atoms with van der Waals surface area (Å²) >= 11 is 0. The van der Waals surface area contributed by atoms with Crippen molar-refractivity contribution in [3.8, 4) is 5.75 Å². The van der Waals surface area contributed by atoms with E-state index < -0.39 is 11.4 Å². The number of carbonyl (C=O) groups is 2. The Morgan fingerprint density at radius 1 is 1.22 bits per heavy atom. The lowest BCUT2D eigenvalue weighted by atomic mass is 9.90. The molecule has 1 rings (SSSR count). The van der Waals surface area contributed by atoms with Gasteiger partial charge in [0, 0.05) is 6.54 Å². The first-order valence-electron chi connectivity index (χ1n) is 7.84. The topological polar surface area (TPSA) is 75.6 Å². The smallest absolute Gasteiger partial charge is 0.309 e. The highest BCUT2D eigenvalue weighted by Gasteiger charge is 2.26. The van der Waals surface area contributed by atoms with Gasteiger partial charge in [0.05, 0.1) is 18.4 Å². The van der Waals surface area contributed by atoms with Gasteiger partial charge >= 0.3 is 5.97 Å². The van der Waals surface area contributed by atoms with Gasteiger partial charge in [-0.3, -0.25) is 9.59 Å². The van der Waals surface area contributed by atoms with Gasteiger partial charge in [0.25, 0.3) is 0 Å². The molecule has 23 heavy (non-hydrogen) atoms. The minimum Gasteiger partial charge on any atom is -0.493 e. The largest absolute Gasteiger partial charge is 0.493 e. The van der Waals surface area contributed by atoms with Crippen LogP contribution >= 0.6 is 0 Å². The number of carbonyl (C=O) groups excluding carboxylic acids is 1. The van der Waals surface area contributed by atoms with Crippen molar-refractivity contribution in [3.63, 3.8) is 0 Å². The zero-order valence-electron chi connectivity index (χ0n) is 14.7. The Balaban J connectivity index is 2.36. The van der Waals surface area contributed by atoms with Crippen LogP contribution in [0.1, 0.15) is 43.4 Å². The van der Waals surface area contributed by atoms with Gasteiger partial charge in [-0.05, 0) is 63.8 Å². The van der Waals surface area contributed by atoms with Gasteiger partial charge in [-0.1, -0.05) is 6.07 Å². The number of aryl methyl sites for hydroxylation is 2. The molecule has 0 heterocycles. The summed E-state index contributed by atoms with van der Waals surface area (Å²) in [5, 5.41) is 11.7. The van der Waals surface area contributed by atoms with Crippen LogP contribution < -0.4 is 10.1 Å². The summed E-state index contributed by atoms with van der Waals surface area (Å²) in [5.74, 6) is -0.184. The maximum absolute atomic E-state index is 11.8. The predicted octanol–water partition coefficient (Wildman–Crippen LogP) is 3.00. The second-order valence-electron chi connectivity index (χ2n) is 6.59. The van der Waals surface area contributed by atoms with Gasteiger partial charge in [-0.25, -0.2) is 0 Å². The highest BCUT2D eigenvalue weighted by molar-refractivity contribution is 5.76. The van der Waals surface area contributed by atoms with Crippen LogP contribution in [0.15, 0.2) is 12.1 Å². The van der Waals surface area contributed by atoms with Crippen molar-refractivity contribution < 1.29 is 19.4 Å². The normalized spacial score (nSPS) is 11.2. The first kappa shape index (κ1) is 19.0. The molecule has 0 bridgehead atoms. The van der Waals surface area contributed by atoms with E-state index in [0.717, 1.165) is 16.9 Å². The fraction of sp³-hybridized carbons (Fsp3) is 0.556. The van der Waals surface area contributed by atoms with Crippen LogP contribution in [0.25, 0.3) is 0 Å². The lowest BCUT2D eigenvalue weighted by molar-refractivity contribution is -0.147. The maximum Gasteiger partial charge on any atom is 0.309 e. The Kier molecular flexibility index (Phi) is 6.61. The van der Waals surface area contributed by atoms with Crippen LogP contribution in [-0.2, 0) is 9.59 Å². The molecule has 0 aliphatic carbocycles. The summed E-state index contributed by atoms with van der Waals surface area (Å²) in [6.45, 7) is 9.99. The van der Waals surface area contributed by atoms with Crippen LogP contribution in [0.2, 0.25) is 0 Å². The van der Waals surface area contributed by atoms with E-state index in [2.05, 4.69) is 11.4 Å². The van der Waals surface area contributed by atoms with Crippen molar-refractivity contribution in [1.82, 2.24) is 5.32 Å². The fourth-order valence-corrected chi connectivity index (χ4v) is 2.11. The molecule has 0 fully saturated rings. The first-order chi connectivity index (χ1) is 10.6. The van der Waals surface area contributed by atoms with Crippen molar-refractivity contribution in [2.24, 2.45) is 5.41 Å². The highest BCUT2D eigenvalue weighted by Crippen LogP contribution is 2.23. The lowest BCUT2D eigenvalue weighted by Crippen LogP contribution is -2.32. The SMILES string of the molecule is Cc1cc(C)c(C)c(OCCC(=O)NCCC(C)(C)C(=O)O)c1. The molecule has 2 N–H and O–H groups in total. The van der Waals surface area contributed by atoms with Gasteiger partial charge in [-0.15, -0.1) is 0 Å². The van der Waals surface area contributed by atoms with E-state index in [4.69, 9.17) is 9.84 Å². The van der Waals surface area contributed by atoms with E-state index in [9.17, 15) is 9.59 Å². The number of nitrogens with one attached hydrogen (secondary N) is 1. The Morgan fingerprint density at radius 3 is 2.48 bits per heavy atom. The summed E-state index contributed by atoms with van der Waals surface area (Å²) in [5.41, 5.74) is 2.54. The summed E-state index contributed by atoms with van der Waals surface area (Å²) < 4.78 is 5.70. The molecule has 1 aromatic rings. The van der Waals surface area contributed by atoms with Crippen molar-refractivity contribution in [2.45, 2.75) is 47.5 Å². The van der Waals surface area contributed by atoms with E-state index in [1.54, 1.807) is 13.8 Å².